The molecule has 6 nitrogen and oxygen atoms in total. The molecule has 1 unspecified atom stereocenters. The first-order valence-electron chi connectivity index (χ1n) is 11.4. The number of halogens is 3. The molecule has 1 amide bonds. The predicted molar refractivity (Wildman–Crippen MR) is 134 cm³/mol. The number of carbonyl (C=O) groups excluding carboxylic acids is 1. The van der Waals surface area contributed by atoms with Crippen molar-refractivity contribution in [3.63, 3.8) is 0 Å². The van der Waals surface area contributed by atoms with Crippen molar-refractivity contribution in [3.05, 3.63) is 74.6 Å². The molecule has 36 heavy (non-hydrogen) atoms. The second kappa shape index (κ2) is 9.82. The van der Waals surface area contributed by atoms with Crippen molar-refractivity contribution >= 4 is 29.0 Å². The van der Waals surface area contributed by atoms with Gasteiger partial charge in [-0.3, -0.25) is 9.80 Å². The summed E-state index contributed by atoms with van der Waals surface area (Å²) in [6, 6.07) is 10.3. The third kappa shape index (κ3) is 4.88. The average Bonchev–Trinajstić information content (AvgIpc) is 3.26. The van der Waals surface area contributed by atoms with Crippen LogP contribution in [0.15, 0.2) is 53.3 Å². The van der Waals surface area contributed by atoms with Crippen LogP contribution >= 0.6 is 11.3 Å². The Kier molecular flexibility index (Phi) is 6.96. The average molecular weight is 514 g/mol. The third-order valence-corrected chi connectivity index (χ3v) is 7.56. The molecule has 2 N–H and O–H groups in total. The number of hydrazone groups is 1. The van der Waals surface area contributed by atoms with Gasteiger partial charge in [-0.2, -0.15) is 23.5 Å². The zero-order valence-electron chi connectivity index (χ0n) is 20.1. The van der Waals surface area contributed by atoms with Crippen LogP contribution in [0, 0.1) is 17.2 Å². The topological polar surface area (TPSA) is 85.7 Å². The summed E-state index contributed by atoms with van der Waals surface area (Å²) in [7, 11) is 1.66. The van der Waals surface area contributed by atoms with Crippen molar-refractivity contribution in [1.82, 2.24) is 9.91 Å². The highest BCUT2D eigenvalue weighted by Gasteiger charge is 2.37. The Morgan fingerprint density at radius 2 is 2.00 bits per heavy atom. The summed E-state index contributed by atoms with van der Waals surface area (Å²) >= 11 is 1.30. The fourth-order valence-electron chi connectivity index (χ4n) is 4.68. The fraction of sp³-hybridized carbons (Fsp3) is 0.346. The first-order chi connectivity index (χ1) is 17.0. The summed E-state index contributed by atoms with van der Waals surface area (Å²) in [5.41, 5.74) is 5.91. The highest BCUT2D eigenvalue weighted by atomic mass is 32.1. The van der Waals surface area contributed by atoms with E-state index in [9.17, 15) is 23.2 Å². The number of amides is 1. The van der Waals surface area contributed by atoms with E-state index < -0.39 is 17.8 Å². The minimum absolute atomic E-state index is 0.0252. The minimum atomic E-state index is -4.77. The molecule has 188 valence electrons. The maximum atomic E-state index is 13.9. The lowest BCUT2D eigenvalue weighted by Crippen LogP contribution is -2.37. The Morgan fingerprint density at radius 1 is 1.28 bits per heavy atom. The van der Waals surface area contributed by atoms with Crippen molar-refractivity contribution in [2.24, 2.45) is 16.8 Å². The molecule has 1 aromatic carbocycles. The maximum Gasteiger partial charge on any atom is 0.431 e. The van der Waals surface area contributed by atoms with Gasteiger partial charge in [-0.25, -0.2) is 0 Å². The summed E-state index contributed by atoms with van der Waals surface area (Å²) < 4.78 is 41.7. The van der Waals surface area contributed by atoms with Gasteiger partial charge in [0.2, 0.25) is 5.91 Å². The van der Waals surface area contributed by atoms with Crippen molar-refractivity contribution in [2.75, 3.05) is 13.6 Å². The van der Waals surface area contributed by atoms with Crippen LogP contribution in [0.4, 0.5) is 13.2 Å². The van der Waals surface area contributed by atoms with Gasteiger partial charge in [0.05, 0.1) is 18.8 Å². The molecule has 0 saturated heterocycles. The number of fused-ring (bicyclic) bond motifs is 6. The number of nitrogens with two attached hydrogens (primary N) is 1. The number of benzene rings is 1. The summed E-state index contributed by atoms with van der Waals surface area (Å²) in [6.45, 7) is 4.47. The van der Waals surface area contributed by atoms with E-state index in [2.05, 4.69) is 11.2 Å². The molecule has 3 heterocycles. The molecule has 0 fully saturated rings. The molecule has 2 aliphatic heterocycles. The van der Waals surface area contributed by atoms with Crippen LogP contribution in [0.1, 0.15) is 46.2 Å². The Hall–Kier alpha value is -3.58. The van der Waals surface area contributed by atoms with Crippen molar-refractivity contribution in [3.8, 4) is 6.07 Å². The number of hydrogen-bond donors (Lipinski definition) is 1. The van der Waals surface area contributed by atoms with Crippen LogP contribution < -0.4 is 5.73 Å². The molecule has 2 atom stereocenters. The monoisotopic (exact) mass is 513 g/mol. The number of hydrogen-bond acceptors (Lipinski definition) is 6. The second-order valence-electron chi connectivity index (χ2n) is 9.20. The number of likely N-dealkylation sites (N-methyl/N-ethyl adjacent to an activating group) is 1. The third-order valence-electron chi connectivity index (χ3n) is 6.52. The summed E-state index contributed by atoms with van der Waals surface area (Å²) in [4.78, 5) is 16.2. The lowest BCUT2D eigenvalue weighted by molar-refractivity contribution is -0.127. The Balaban J connectivity index is 2.01. The maximum absolute atomic E-state index is 13.9. The zero-order valence-corrected chi connectivity index (χ0v) is 20.9. The number of allylic oxidation sites excluding steroid dienone is 2. The molecule has 10 heteroatoms. The van der Waals surface area contributed by atoms with Gasteiger partial charge in [0.1, 0.15) is 16.6 Å². The van der Waals surface area contributed by atoms with Gasteiger partial charge in [0, 0.05) is 36.0 Å². The van der Waals surface area contributed by atoms with Crippen LogP contribution in [0.2, 0.25) is 0 Å². The zero-order chi connectivity index (χ0) is 26.2. The largest absolute Gasteiger partial charge is 0.431 e. The van der Waals surface area contributed by atoms with Crippen molar-refractivity contribution in [1.29, 1.82) is 5.26 Å². The highest BCUT2D eigenvalue weighted by molar-refractivity contribution is 7.12. The molecule has 0 aliphatic carbocycles. The van der Waals surface area contributed by atoms with Gasteiger partial charge in [0.15, 0.2) is 0 Å². The predicted octanol–water partition coefficient (Wildman–Crippen LogP) is 4.84. The lowest BCUT2D eigenvalue weighted by Gasteiger charge is -2.33. The molecule has 2 aromatic rings. The number of nitrogens with zero attached hydrogens (tertiary/aromatic N) is 4. The standard InChI is InChI=1S/C26H26F3N5OS/c1-15(2)22-8-9-24(35)34-13-21(19-10-16(11-30)36-23(19)14-34)18-7-5-4-6-17(18)20(12-32-33(22)3)25(31)26(27,28)29/h4-10,12,15,21-22H,13-14,31H2,1-3H3/b9-8+,25-20?,32-12?/t21-,22?/m0/s1. The van der Waals surface area contributed by atoms with Crippen LogP contribution in [0.3, 0.4) is 0 Å². The lowest BCUT2D eigenvalue weighted by atomic mass is 9.83. The van der Waals surface area contributed by atoms with Gasteiger partial charge in [0.25, 0.3) is 0 Å². The quantitative estimate of drug-likeness (QED) is 0.592. The van der Waals surface area contributed by atoms with Crippen LogP contribution in [0.25, 0.3) is 5.57 Å². The normalized spacial score (nSPS) is 22.7. The fourth-order valence-corrected chi connectivity index (χ4v) is 5.72. The van der Waals surface area contributed by atoms with E-state index in [0.29, 0.717) is 17.0 Å². The number of alkyl halides is 3. The molecular formula is C26H26F3N5OS. The molecule has 0 spiro atoms. The highest BCUT2D eigenvalue weighted by Crippen LogP contribution is 2.41. The van der Waals surface area contributed by atoms with Gasteiger partial charge in [-0.1, -0.05) is 44.2 Å². The molecular weight excluding hydrogens is 487 g/mol. The van der Waals surface area contributed by atoms with E-state index in [0.717, 1.165) is 16.7 Å². The summed E-state index contributed by atoms with van der Waals surface area (Å²) in [5, 5.41) is 15.4. The molecule has 4 rings (SSSR count). The van der Waals surface area contributed by atoms with E-state index in [1.54, 1.807) is 48.4 Å². The summed E-state index contributed by atoms with van der Waals surface area (Å²) in [6.07, 6.45) is -0.386. The van der Waals surface area contributed by atoms with Crippen molar-refractivity contribution < 1.29 is 18.0 Å². The van der Waals surface area contributed by atoms with Crippen LogP contribution in [-0.2, 0) is 11.3 Å². The number of carbonyl (C=O) groups is 1. The molecule has 2 aliphatic rings. The van der Waals surface area contributed by atoms with E-state index in [4.69, 9.17) is 5.73 Å². The molecule has 0 saturated carbocycles. The molecule has 1 aromatic heterocycles. The Bertz CT molecular complexity index is 1300. The molecule has 2 bridgehead atoms. The number of thiophene rings is 1. The minimum Gasteiger partial charge on any atom is -0.394 e. The Morgan fingerprint density at radius 3 is 2.67 bits per heavy atom. The van der Waals surface area contributed by atoms with E-state index in [1.807, 2.05) is 13.8 Å². The van der Waals surface area contributed by atoms with Gasteiger partial charge in [-0.05, 0) is 28.7 Å². The van der Waals surface area contributed by atoms with Gasteiger partial charge >= 0.3 is 6.18 Å². The first kappa shape index (κ1) is 25.5. The SMILES string of the molecule is CC(C)C1/C=C/C(=O)N2Cc3sc(C#N)cc3[C@@H](C2)c2ccccc2C(=C(N)C(F)(F)F)C=NN1C. The smallest absolute Gasteiger partial charge is 0.394 e. The summed E-state index contributed by atoms with van der Waals surface area (Å²) in [5.74, 6) is -0.621. The second-order valence-corrected chi connectivity index (χ2v) is 10.3. The van der Waals surface area contributed by atoms with Crippen molar-refractivity contribution in [2.45, 2.75) is 38.5 Å². The first-order valence-corrected chi connectivity index (χ1v) is 12.3. The molecule has 0 radical (unpaired) electrons. The van der Waals surface area contributed by atoms with Gasteiger partial charge < -0.3 is 10.6 Å². The Labute approximate surface area is 211 Å². The van der Waals surface area contributed by atoms with Crippen LogP contribution in [-0.4, -0.2) is 47.8 Å². The van der Waals surface area contributed by atoms with Gasteiger partial charge in [-0.15, -0.1) is 11.3 Å². The van der Waals surface area contributed by atoms with E-state index in [1.165, 1.54) is 22.4 Å². The number of nitriles is 1. The van der Waals surface area contributed by atoms with E-state index in [-0.39, 0.29) is 35.5 Å². The van der Waals surface area contributed by atoms with E-state index >= 15 is 0 Å². The van der Waals surface area contributed by atoms with Crippen LogP contribution in [0.5, 0.6) is 0 Å². The number of rotatable bonds is 1.